The first-order valence-electron chi connectivity index (χ1n) is 8.19. The maximum atomic E-state index is 4.68. The van der Waals surface area contributed by atoms with Gasteiger partial charge in [0.15, 0.2) is 0 Å². The highest BCUT2D eigenvalue weighted by molar-refractivity contribution is 5.45. The Hall–Kier alpha value is -1.59. The molecule has 0 saturated carbocycles. The van der Waals surface area contributed by atoms with Gasteiger partial charge in [-0.15, -0.1) is 0 Å². The molecule has 0 amide bonds. The quantitative estimate of drug-likeness (QED) is 0.716. The standard InChI is InChI=1S/C15H30N6/c1-6-11-21(12-7-2)15-18-13(16-8-3)17-14(19-15)20(9-4)10-5/h6-12H2,1-5H3,(H,16,17,18,19). The monoisotopic (exact) mass is 294 g/mol. The average molecular weight is 294 g/mol. The molecule has 6 heteroatoms. The zero-order chi connectivity index (χ0) is 15.7. The van der Waals surface area contributed by atoms with E-state index in [0.717, 1.165) is 57.5 Å². The fourth-order valence-electron chi connectivity index (χ4n) is 2.23. The zero-order valence-electron chi connectivity index (χ0n) is 14.2. The lowest BCUT2D eigenvalue weighted by atomic mass is 10.4. The Morgan fingerprint density at radius 3 is 1.71 bits per heavy atom. The summed E-state index contributed by atoms with van der Waals surface area (Å²) in [6.45, 7) is 15.2. The van der Waals surface area contributed by atoms with Crippen LogP contribution in [0.5, 0.6) is 0 Å². The maximum Gasteiger partial charge on any atom is 0.231 e. The summed E-state index contributed by atoms with van der Waals surface area (Å²) in [5.74, 6) is 2.21. The lowest BCUT2D eigenvalue weighted by Crippen LogP contribution is -2.30. The van der Waals surface area contributed by atoms with Crippen LogP contribution in [-0.4, -0.2) is 47.7 Å². The summed E-state index contributed by atoms with van der Waals surface area (Å²) >= 11 is 0. The molecule has 1 N–H and O–H groups in total. The highest BCUT2D eigenvalue weighted by Gasteiger charge is 2.15. The first kappa shape index (κ1) is 17.5. The molecule has 0 atom stereocenters. The van der Waals surface area contributed by atoms with Gasteiger partial charge in [-0.1, -0.05) is 13.8 Å². The van der Waals surface area contributed by atoms with Crippen LogP contribution in [0.2, 0.25) is 0 Å². The minimum atomic E-state index is 0.668. The van der Waals surface area contributed by atoms with Crippen LogP contribution < -0.4 is 15.1 Å². The fraction of sp³-hybridized carbons (Fsp3) is 0.800. The van der Waals surface area contributed by atoms with E-state index < -0.39 is 0 Å². The summed E-state index contributed by atoms with van der Waals surface area (Å²) in [5, 5.41) is 3.21. The normalized spacial score (nSPS) is 10.5. The van der Waals surface area contributed by atoms with Gasteiger partial charge < -0.3 is 15.1 Å². The van der Waals surface area contributed by atoms with Crippen molar-refractivity contribution in [2.75, 3.05) is 47.8 Å². The second-order valence-electron chi connectivity index (χ2n) is 4.95. The maximum absolute atomic E-state index is 4.68. The lowest BCUT2D eigenvalue weighted by Gasteiger charge is -2.24. The summed E-state index contributed by atoms with van der Waals surface area (Å²) in [5.41, 5.74) is 0. The van der Waals surface area contributed by atoms with Crippen molar-refractivity contribution >= 4 is 17.8 Å². The molecule has 0 aliphatic rings. The minimum Gasteiger partial charge on any atom is -0.354 e. The second-order valence-corrected chi connectivity index (χ2v) is 4.95. The molecule has 1 aromatic rings. The third-order valence-corrected chi connectivity index (χ3v) is 3.26. The Morgan fingerprint density at radius 2 is 1.29 bits per heavy atom. The summed E-state index contributed by atoms with van der Waals surface area (Å²) in [7, 11) is 0. The van der Waals surface area contributed by atoms with Crippen LogP contribution in [0.25, 0.3) is 0 Å². The van der Waals surface area contributed by atoms with Crippen molar-refractivity contribution in [3.05, 3.63) is 0 Å². The van der Waals surface area contributed by atoms with Crippen molar-refractivity contribution in [3.8, 4) is 0 Å². The van der Waals surface area contributed by atoms with Gasteiger partial charge in [-0.2, -0.15) is 15.0 Å². The predicted molar refractivity (Wildman–Crippen MR) is 90.3 cm³/mol. The molecular weight excluding hydrogens is 264 g/mol. The summed E-state index contributed by atoms with van der Waals surface area (Å²) < 4.78 is 0. The molecule has 0 aliphatic heterocycles. The second kappa shape index (κ2) is 9.37. The number of aromatic nitrogens is 3. The van der Waals surface area contributed by atoms with Gasteiger partial charge in [0, 0.05) is 32.7 Å². The lowest BCUT2D eigenvalue weighted by molar-refractivity contribution is 0.712. The summed E-state index contributed by atoms with van der Waals surface area (Å²) in [4.78, 5) is 18.2. The number of anilines is 3. The van der Waals surface area contributed by atoms with Gasteiger partial charge in [-0.3, -0.25) is 0 Å². The van der Waals surface area contributed by atoms with Crippen LogP contribution in [0.3, 0.4) is 0 Å². The predicted octanol–water partition coefficient (Wildman–Crippen LogP) is 2.78. The van der Waals surface area contributed by atoms with Crippen LogP contribution >= 0.6 is 0 Å². The Morgan fingerprint density at radius 1 is 0.762 bits per heavy atom. The van der Waals surface area contributed by atoms with Crippen molar-refractivity contribution in [1.82, 2.24) is 15.0 Å². The number of nitrogens with one attached hydrogen (secondary N) is 1. The van der Waals surface area contributed by atoms with Crippen LogP contribution in [0.1, 0.15) is 47.5 Å². The third kappa shape index (κ3) is 5.02. The fourth-order valence-corrected chi connectivity index (χ4v) is 2.23. The van der Waals surface area contributed by atoms with E-state index in [9.17, 15) is 0 Å². The molecule has 0 aliphatic carbocycles. The molecule has 1 heterocycles. The first-order valence-corrected chi connectivity index (χ1v) is 8.19. The van der Waals surface area contributed by atoms with E-state index in [2.05, 4.69) is 64.7 Å². The molecule has 0 spiro atoms. The molecule has 0 fully saturated rings. The molecule has 120 valence electrons. The molecule has 0 unspecified atom stereocenters. The van der Waals surface area contributed by atoms with E-state index in [1.807, 2.05) is 0 Å². The van der Waals surface area contributed by atoms with E-state index in [0.29, 0.717) is 5.95 Å². The molecule has 6 nitrogen and oxygen atoms in total. The number of hydrogen-bond acceptors (Lipinski definition) is 6. The van der Waals surface area contributed by atoms with Crippen molar-refractivity contribution in [2.24, 2.45) is 0 Å². The van der Waals surface area contributed by atoms with Crippen LogP contribution in [0, 0.1) is 0 Å². The van der Waals surface area contributed by atoms with Crippen LogP contribution in [0.4, 0.5) is 17.8 Å². The SMILES string of the molecule is CCCN(CCC)c1nc(NCC)nc(N(CC)CC)n1. The van der Waals surface area contributed by atoms with E-state index in [1.54, 1.807) is 0 Å². The molecule has 0 bridgehead atoms. The number of rotatable bonds is 10. The smallest absolute Gasteiger partial charge is 0.231 e. The molecular formula is C15H30N6. The summed E-state index contributed by atoms with van der Waals surface area (Å²) in [6, 6.07) is 0. The van der Waals surface area contributed by atoms with Gasteiger partial charge in [-0.25, -0.2) is 0 Å². The van der Waals surface area contributed by atoms with Gasteiger partial charge in [0.05, 0.1) is 0 Å². The van der Waals surface area contributed by atoms with Gasteiger partial charge in [0.2, 0.25) is 17.8 Å². The third-order valence-electron chi connectivity index (χ3n) is 3.26. The first-order chi connectivity index (χ1) is 10.2. The van der Waals surface area contributed by atoms with Crippen molar-refractivity contribution in [2.45, 2.75) is 47.5 Å². The van der Waals surface area contributed by atoms with Gasteiger partial charge in [0.25, 0.3) is 0 Å². The van der Waals surface area contributed by atoms with E-state index in [1.165, 1.54) is 0 Å². The topological polar surface area (TPSA) is 57.2 Å². The Balaban J connectivity index is 3.15. The zero-order valence-corrected chi connectivity index (χ0v) is 14.2. The van der Waals surface area contributed by atoms with E-state index in [-0.39, 0.29) is 0 Å². The Labute approximate surface area is 129 Å². The van der Waals surface area contributed by atoms with E-state index >= 15 is 0 Å². The van der Waals surface area contributed by atoms with Crippen molar-refractivity contribution < 1.29 is 0 Å². The highest BCUT2D eigenvalue weighted by Crippen LogP contribution is 2.17. The van der Waals surface area contributed by atoms with Gasteiger partial charge >= 0.3 is 0 Å². The molecule has 21 heavy (non-hydrogen) atoms. The number of nitrogens with zero attached hydrogens (tertiary/aromatic N) is 5. The Kier molecular flexibility index (Phi) is 7.79. The molecule has 1 aromatic heterocycles. The van der Waals surface area contributed by atoms with Crippen molar-refractivity contribution in [1.29, 1.82) is 0 Å². The minimum absolute atomic E-state index is 0.668. The van der Waals surface area contributed by atoms with Gasteiger partial charge in [-0.05, 0) is 33.6 Å². The molecule has 0 saturated heterocycles. The van der Waals surface area contributed by atoms with Gasteiger partial charge in [0.1, 0.15) is 0 Å². The average Bonchev–Trinajstić information content (AvgIpc) is 2.48. The molecule has 0 radical (unpaired) electrons. The highest BCUT2D eigenvalue weighted by atomic mass is 15.4. The van der Waals surface area contributed by atoms with Crippen molar-refractivity contribution in [3.63, 3.8) is 0 Å². The van der Waals surface area contributed by atoms with Crippen LogP contribution in [0.15, 0.2) is 0 Å². The number of hydrogen-bond donors (Lipinski definition) is 1. The van der Waals surface area contributed by atoms with Crippen LogP contribution in [-0.2, 0) is 0 Å². The molecule has 0 aromatic carbocycles. The molecule has 1 rings (SSSR count). The Bertz CT molecular complexity index is 399. The summed E-state index contributed by atoms with van der Waals surface area (Å²) in [6.07, 6.45) is 2.17. The van der Waals surface area contributed by atoms with E-state index in [4.69, 9.17) is 0 Å². The largest absolute Gasteiger partial charge is 0.354 e.